The third-order valence-corrected chi connectivity index (χ3v) is 6.93. The molecule has 160 valence electrons. The molecule has 0 unspecified atom stereocenters. The number of carbonyl (C=O) groups is 1. The van der Waals surface area contributed by atoms with E-state index in [0.717, 1.165) is 59.3 Å². The Kier molecular flexibility index (Phi) is 5.89. The Morgan fingerprint density at radius 1 is 1.22 bits per heavy atom. The van der Waals surface area contributed by atoms with Gasteiger partial charge in [0.2, 0.25) is 0 Å². The van der Waals surface area contributed by atoms with Gasteiger partial charge in [-0.15, -0.1) is 11.3 Å². The molecular weight excluding hydrogens is 425 g/mol. The minimum Gasteiger partial charge on any atom is -0.308 e. The van der Waals surface area contributed by atoms with Gasteiger partial charge in [-0.1, -0.05) is 0 Å². The van der Waals surface area contributed by atoms with Gasteiger partial charge in [-0.25, -0.2) is 9.82 Å². The van der Waals surface area contributed by atoms with Crippen molar-refractivity contribution in [2.75, 3.05) is 0 Å². The number of hydrogen-bond acceptors (Lipinski definition) is 5. The molecule has 0 fully saturated rings. The fraction of sp³-hybridized carbons (Fsp3) is 0.250. The van der Waals surface area contributed by atoms with Crippen molar-refractivity contribution in [3.8, 4) is 17.1 Å². The Balaban J connectivity index is 1.59. The summed E-state index contributed by atoms with van der Waals surface area (Å²) in [4.78, 5) is 13.5. The minimum absolute atomic E-state index is 0.141. The van der Waals surface area contributed by atoms with Gasteiger partial charge in [0, 0.05) is 21.8 Å². The fourth-order valence-electron chi connectivity index (χ4n) is 4.04. The number of aromatic nitrogens is 1. The quantitative estimate of drug-likeness (QED) is 0.467. The first-order valence-corrected chi connectivity index (χ1v) is 11.0. The highest BCUT2D eigenvalue weighted by Gasteiger charge is 2.23. The number of rotatable bonds is 4. The second-order valence-electron chi connectivity index (χ2n) is 7.67. The molecule has 8 heteroatoms. The normalized spacial score (nSPS) is 12.9. The molecule has 0 aliphatic heterocycles. The van der Waals surface area contributed by atoms with Crippen LogP contribution < -0.4 is 5.43 Å². The van der Waals surface area contributed by atoms with Crippen molar-refractivity contribution < 1.29 is 9.18 Å². The first-order chi connectivity index (χ1) is 15.4. The lowest BCUT2D eigenvalue weighted by molar-refractivity contribution is 0.0951. The largest absolute Gasteiger partial charge is 0.308 e. The Morgan fingerprint density at radius 3 is 2.72 bits per heavy atom. The topological polar surface area (TPSA) is 94.0 Å². The molecule has 0 atom stereocenters. The van der Waals surface area contributed by atoms with E-state index < -0.39 is 11.7 Å². The molecule has 0 saturated heterocycles. The summed E-state index contributed by atoms with van der Waals surface area (Å²) in [5.74, 6) is -1.48. The maximum atomic E-state index is 14.0. The van der Waals surface area contributed by atoms with E-state index in [2.05, 4.69) is 21.2 Å². The van der Waals surface area contributed by atoms with Crippen LogP contribution in [0.25, 0.3) is 5.00 Å². The van der Waals surface area contributed by atoms with Crippen LogP contribution in [0.2, 0.25) is 0 Å². The lowest BCUT2D eigenvalue weighted by Crippen LogP contribution is -2.19. The molecular formula is C24H20FN5OS. The Labute approximate surface area is 189 Å². The number of fused-ring (bicyclic) bond motifs is 1. The highest BCUT2D eigenvalue weighted by Crippen LogP contribution is 2.38. The van der Waals surface area contributed by atoms with Gasteiger partial charge in [0.15, 0.2) is 0 Å². The van der Waals surface area contributed by atoms with Crippen molar-refractivity contribution in [3.63, 3.8) is 0 Å². The molecule has 0 saturated carbocycles. The van der Waals surface area contributed by atoms with Crippen LogP contribution in [-0.2, 0) is 12.8 Å². The molecule has 32 heavy (non-hydrogen) atoms. The lowest BCUT2D eigenvalue weighted by Gasteiger charge is -2.10. The summed E-state index contributed by atoms with van der Waals surface area (Å²) in [7, 11) is 0. The third kappa shape index (κ3) is 3.81. The van der Waals surface area contributed by atoms with Gasteiger partial charge in [-0.3, -0.25) is 4.79 Å². The summed E-state index contributed by atoms with van der Waals surface area (Å²) >= 11 is 1.67. The van der Waals surface area contributed by atoms with Gasteiger partial charge in [-0.05, 0) is 69.4 Å². The number of benzene rings is 1. The zero-order valence-corrected chi connectivity index (χ0v) is 18.5. The van der Waals surface area contributed by atoms with Gasteiger partial charge < -0.3 is 4.57 Å². The summed E-state index contributed by atoms with van der Waals surface area (Å²) in [5, 5.41) is 23.5. The van der Waals surface area contributed by atoms with Crippen LogP contribution in [0.3, 0.4) is 0 Å². The van der Waals surface area contributed by atoms with Crippen LogP contribution in [0.4, 0.5) is 4.39 Å². The maximum absolute atomic E-state index is 14.0. The number of thiophene rings is 1. The number of nitriles is 2. The van der Waals surface area contributed by atoms with E-state index in [4.69, 9.17) is 5.26 Å². The predicted molar refractivity (Wildman–Crippen MR) is 121 cm³/mol. The number of nitrogens with zero attached hydrogens (tertiary/aromatic N) is 4. The van der Waals surface area contributed by atoms with Crippen LogP contribution in [-0.4, -0.2) is 16.7 Å². The second-order valence-corrected chi connectivity index (χ2v) is 8.75. The van der Waals surface area contributed by atoms with Gasteiger partial charge in [0.05, 0.1) is 29.0 Å². The number of amides is 1. The summed E-state index contributed by atoms with van der Waals surface area (Å²) in [6, 6.07) is 9.81. The molecule has 1 N–H and O–H groups in total. The van der Waals surface area contributed by atoms with Crippen LogP contribution in [0.15, 0.2) is 29.4 Å². The Hall–Kier alpha value is -3.75. The number of carbonyl (C=O) groups excluding carboxylic acids is 1. The summed E-state index contributed by atoms with van der Waals surface area (Å²) < 4.78 is 16.1. The highest BCUT2D eigenvalue weighted by atomic mass is 32.1. The number of nitrogens with one attached hydrogen (secondary N) is 1. The summed E-state index contributed by atoms with van der Waals surface area (Å²) in [6.45, 7) is 3.91. The Morgan fingerprint density at radius 2 is 2.00 bits per heavy atom. The maximum Gasteiger partial charge on any atom is 0.274 e. The number of aryl methyl sites for hydroxylation is 2. The highest BCUT2D eigenvalue weighted by molar-refractivity contribution is 7.15. The number of hydrogen-bond donors (Lipinski definition) is 1. The van der Waals surface area contributed by atoms with E-state index in [1.165, 1.54) is 28.8 Å². The van der Waals surface area contributed by atoms with Crippen LogP contribution in [0, 0.1) is 42.3 Å². The Bertz CT molecular complexity index is 1340. The molecule has 1 amide bonds. The standard InChI is InChI=1S/C24H20FN5OS/c1-14-9-17(13-28-29-23(31)19-8-7-16(11-26)10-21(19)25)15(2)30(14)24-20(12-27)18-5-3-4-6-22(18)32-24/h7-10,13H,3-6H2,1-2H3,(H,29,31)/b28-13-. The van der Waals surface area contributed by atoms with E-state index in [-0.39, 0.29) is 11.1 Å². The second kappa shape index (κ2) is 8.78. The van der Waals surface area contributed by atoms with Crippen molar-refractivity contribution >= 4 is 23.5 Å². The van der Waals surface area contributed by atoms with Crippen molar-refractivity contribution in [3.05, 3.63) is 74.2 Å². The molecule has 0 radical (unpaired) electrons. The van der Waals surface area contributed by atoms with E-state index in [0.29, 0.717) is 0 Å². The van der Waals surface area contributed by atoms with Gasteiger partial charge in [-0.2, -0.15) is 15.6 Å². The van der Waals surface area contributed by atoms with E-state index >= 15 is 0 Å². The molecule has 1 aliphatic rings. The average molecular weight is 446 g/mol. The molecule has 1 aliphatic carbocycles. The van der Waals surface area contributed by atoms with Crippen molar-refractivity contribution in [2.45, 2.75) is 39.5 Å². The average Bonchev–Trinajstić information content (AvgIpc) is 3.29. The predicted octanol–water partition coefficient (Wildman–Crippen LogP) is 4.68. The SMILES string of the molecule is Cc1cc(/C=N\NC(=O)c2ccc(C#N)cc2F)c(C)n1-c1sc2c(c1C#N)CCCC2. The van der Waals surface area contributed by atoms with Crippen LogP contribution in [0.1, 0.15) is 61.7 Å². The van der Waals surface area contributed by atoms with Gasteiger partial charge >= 0.3 is 0 Å². The molecule has 4 rings (SSSR count). The van der Waals surface area contributed by atoms with Gasteiger partial charge in [0.25, 0.3) is 5.91 Å². The van der Waals surface area contributed by atoms with Crippen molar-refractivity contribution in [2.24, 2.45) is 5.10 Å². The van der Waals surface area contributed by atoms with Crippen LogP contribution in [0.5, 0.6) is 0 Å². The van der Waals surface area contributed by atoms with E-state index in [1.807, 2.05) is 26.0 Å². The minimum atomic E-state index is -0.777. The molecule has 2 aromatic heterocycles. The molecule has 0 bridgehead atoms. The molecule has 0 spiro atoms. The number of hydrazone groups is 1. The summed E-state index contributed by atoms with van der Waals surface area (Å²) in [5.41, 5.74) is 6.87. The van der Waals surface area contributed by atoms with Crippen molar-refractivity contribution in [1.82, 2.24) is 9.99 Å². The first kappa shape index (κ1) is 21.5. The fourth-order valence-corrected chi connectivity index (χ4v) is 5.49. The zero-order chi connectivity index (χ0) is 22.8. The van der Waals surface area contributed by atoms with Crippen LogP contribution >= 0.6 is 11.3 Å². The van der Waals surface area contributed by atoms with Gasteiger partial charge in [0.1, 0.15) is 16.9 Å². The lowest BCUT2D eigenvalue weighted by atomic mass is 9.96. The van der Waals surface area contributed by atoms with Crippen molar-refractivity contribution in [1.29, 1.82) is 10.5 Å². The first-order valence-electron chi connectivity index (χ1n) is 10.2. The zero-order valence-electron chi connectivity index (χ0n) is 17.7. The molecule has 2 heterocycles. The third-order valence-electron chi connectivity index (χ3n) is 5.65. The monoisotopic (exact) mass is 445 g/mol. The summed E-state index contributed by atoms with van der Waals surface area (Å²) in [6.07, 6.45) is 5.73. The molecule has 6 nitrogen and oxygen atoms in total. The molecule has 1 aromatic carbocycles. The van der Waals surface area contributed by atoms with E-state index in [9.17, 15) is 14.4 Å². The molecule has 3 aromatic rings. The van der Waals surface area contributed by atoms with E-state index in [1.54, 1.807) is 11.3 Å². The smallest absolute Gasteiger partial charge is 0.274 e. The number of halogens is 1.